The lowest BCUT2D eigenvalue weighted by Gasteiger charge is -2.38. The molecule has 0 aromatic carbocycles. The number of carbonyl (C=O) groups is 1. The van der Waals surface area contributed by atoms with Crippen LogP contribution in [0.4, 0.5) is 0 Å². The third kappa shape index (κ3) is 3.20. The minimum Gasteiger partial charge on any atom is -0.341 e. The fourth-order valence-corrected chi connectivity index (χ4v) is 4.70. The van der Waals surface area contributed by atoms with E-state index in [0.29, 0.717) is 11.8 Å². The van der Waals surface area contributed by atoms with E-state index in [2.05, 4.69) is 30.7 Å². The molecular formula is C17H27N3OS. The Labute approximate surface area is 137 Å². The van der Waals surface area contributed by atoms with Gasteiger partial charge < -0.3 is 4.90 Å². The van der Waals surface area contributed by atoms with Crippen molar-refractivity contribution in [3.05, 3.63) is 15.6 Å². The first-order valence-electron chi connectivity index (χ1n) is 8.49. The fourth-order valence-electron chi connectivity index (χ4n) is 3.65. The van der Waals surface area contributed by atoms with Crippen molar-refractivity contribution in [2.45, 2.75) is 57.9 Å². The number of carbonyl (C=O) groups excluding carboxylic acids is 1. The van der Waals surface area contributed by atoms with Crippen LogP contribution in [0, 0.1) is 13.8 Å². The van der Waals surface area contributed by atoms with Gasteiger partial charge in [-0.3, -0.25) is 9.69 Å². The van der Waals surface area contributed by atoms with Crippen molar-refractivity contribution >= 4 is 17.2 Å². The third-order valence-corrected chi connectivity index (χ3v) is 6.42. The van der Waals surface area contributed by atoms with Crippen molar-refractivity contribution in [1.29, 1.82) is 0 Å². The van der Waals surface area contributed by atoms with Crippen LogP contribution < -0.4 is 0 Å². The first-order chi connectivity index (χ1) is 10.6. The molecular weight excluding hydrogens is 294 g/mol. The van der Waals surface area contributed by atoms with Crippen molar-refractivity contribution in [1.82, 2.24) is 14.8 Å². The molecule has 1 aromatic heterocycles. The van der Waals surface area contributed by atoms with Crippen LogP contribution in [0.2, 0.25) is 0 Å². The standard InChI is InChI=1S/C17H27N3OS/c1-12-13(2)22-16(18-12)14-7-6-10-20(11-14)17(21)15-8-4-5-9-19(15)3/h14-15H,4-11H2,1-3H3. The van der Waals surface area contributed by atoms with E-state index in [1.807, 2.05) is 11.3 Å². The van der Waals surface area contributed by atoms with Crippen LogP contribution in [-0.4, -0.2) is 53.4 Å². The summed E-state index contributed by atoms with van der Waals surface area (Å²) >= 11 is 1.81. The quantitative estimate of drug-likeness (QED) is 0.840. The van der Waals surface area contributed by atoms with Gasteiger partial charge in [0.05, 0.1) is 16.7 Å². The summed E-state index contributed by atoms with van der Waals surface area (Å²) in [6, 6.07) is 0.104. The largest absolute Gasteiger partial charge is 0.341 e. The normalized spacial score (nSPS) is 27.1. The predicted molar refractivity (Wildman–Crippen MR) is 90.4 cm³/mol. The van der Waals surface area contributed by atoms with Gasteiger partial charge in [-0.2, -0.15) is 0 Å². The Morgan fingerprint density at radius 2 is 2.00 bits per heavy atom. The SMILES string of the molecule is Cc1nc(C2CCCN(C(=O)C3CCCCN3C)C2)sc1C. The first kappa shape index (κ1) is 15.9. The van der Waals surface area contributed by atoms with Crippen molar-refractivity contribution in [3.63, 3.8) is 0 Å². The van der Waals surface area contributed by atoms with Gasteiger partial charge in [-0.25, -0.2) is 4.98 Å². The molecule has 5 heteroatoms. The van der Waals surface area contributed by atoms with Gasteiger partial charge in [0.1, 0.15) is 0 Å². The summed E-state index contributed by atoms with van der Waals surface area (Å²) in [5.41, 5.74) is 1.15. The number of piperidine rings is 2. The van der Waals surface area contributed by atoms with Crippen LogP contribution in [0.3, 0.4) is 0 Å². The van der Waals surface area contributed by atoms with Crippen LogP contribution in [0.15, 0.2) is 0 Å². The number of thiazole rings is 1. The summed E-state index contributed by atoms with van der Waals surface area (Å²) in [5.74, 6) is 0.779. The van der Waals surface area contributed by atoms with Gasteiger partial charge in [-0.1, -0.05) is 6.42 Å². The number of amides is 1. The van der Waals surface area contributed by atoms with Crippen molar-refractivity contribution < 1.29 is 4.79 Å². The zero-order valence-corrected chi connectivity index (χ0v) is 14.8. The molecule has 22 heavy (non-hydrogen) atoms. The lowest BCUT2D eigenvalue weighted by atomic mass is 9.96. The maximum atomic E-state index is 12.9. The van der Waals surface area contributed by atoms with E-state index in [9.17, 15) is 4.79 Å². The van der Waals surface area contributed by atoms with E-state index >= 15 is 0 Å². The van der Waals surface area contributed by atoms with Gasteiger partial charge in [0.25, 0.3) is 0 Å². The average molecular weight is 321 g/mol. The van der Waals surface area contributed by atoms with Gasteiger partial charge in [0, 0.05) is 23.9 Å². The average Bonchev–Trinajstić information content (AvgIpc) is 2.87. The van der Waals surface area contributed by atoms with Crippen molar-refractivity contribution in [3.8, 4) is 0 Å². The topological polar surface area (TPSA) is 36.4 Å². The molecule has 0 bridgehead atoms. The van der Waals surface area contributed by atoms with Crippen LogP contribution in [0.25, 0.3) is 0 Å². The van der Waals surface area contributed by atoms with Crippen LogP contribution in [0.5, 0.6) is 0 Å². The summed E-state index contributed by atoms with van der Waals surface area (Å²) in [4.78, 5) is 23.3. The molecule has 2 aliphatic rings. The molecule has 3 rings (SSSR count). The number of nitrogens with zero attached hydrogens (tertiary/aromatic N) is 3. The molecule has 4 nitrogen and oxygen atoms in total. The molecule has 0 N–H and O–H groups in total. The van der Waals surface area contributed by atoms with E-state index in [4.69, 9.17) is 4.98 Å². The second-order valence-electron chi connectivity index (χ2n) is 6.81. The van der Waals surface area contributed by atoms with E-state index < -0.39 is 0 Å². The molecule has 2 fully saturated rings. The summed E-state index contributed by atoms with van der Waals surface area (Å²) in [6.07, 6.45) is 5.69. The van der Waals surface area contributed by atoms with Gasteiger partial charge in [-0.05, 0) is 53.1 Å². The molecule has 2 saturated heterocycles. The van der Waals surface area contributed by atoms with E-state index in [0.717, 1.165) is 44.6 Å². The molecule has 1 amide bonds. The highest BCUT2D eigenvalue weighted by molar-refractivity contribution is 7.11. The zero-order valence-electron chi connectivity index (χ0n) is 14.0. The molecule has 0 spiro atoms. The number of rotatable bonds is 2. The number of likely N-dealkylation sites (tertiary alicyclic amines) is 2. The Kier molecular flexibility index (Phi) is 4.83. The Morgan fingerprint density at radius 1 is 1.18 bits per heavy atom. The molecule has 1 aromatic rings. The Balaban J connectivity index is 1.68. The molecule has 2 atom stereocenters. The predicted octanol–water partition coefficient (Wildman–Crippen LogP) is 2.95. The maximum Gasteiger partial charge on any atom is 0.239 e. The summed E-state index contributed by atoms with van der Waals surface area (Å²) < 4.78 is 0. The van der Waals surface area contributed by atoms with Crippen LogP contribution in [0.1, 0.15) is 53.6 Å². The summed E-state index contributed by atoms with van der Waals surface area (Å²) in [7, 11) is 2.09. The van der Waals surface area contributed by atoms with Gasteiger partial charge in [0.2, 0.25) is 5.91 Å². The van der Waals surface area contributed by atoms with Crippen LogP contribution >= 0.6 is 11.3 Å². The van der Waals surface area contributed by atoms with E-state index in [1.54, 1.807) is 0 Å². The number of aryl methyl sites for hydroxylation is 2. The first-order valence-corrected chi connectivity index (χ1v) is 9.31. The molecule has 3 heterocycles. The second kappa shape index (κ2) is 6.67. The maximum absolute atomic E-state index is 12.9. The molecule has 2 unspecified atom stereocenters. The summed E-state index contributed by atoms with van der Waals surface area (Å²) in [6.45, 7) is 7.05. The number of aromatic nitrogens is 1. The highest BCUT2D eigenvalue weighted by atomic mass is 32.1. The van der Waals surface area contributed by atoms with Gasteiger partial charge >= 0.3 is 0 Å². The summed E-state index contributed by atoms with van der Waals surface area (Å²) in [5, 5.41) is 1.23. The monoisotopic (exact) mass is 321 g/mol. The Morgan fingerprint density at radius 3 is 2.68 bits per heavy atom. The second-order valence-corrected chi connectivity index (χ2v) is 8.04. The zero-order chi connectivity index (χ0) is 15.7. The molecule has 2 aliphatic heterocycles. The lowest BCUT2D eigenvalue weighted by molar-refractivity contribution is -0.138. The van der Waals surface area contributed by atoms with Gasteiger partial charge in [-0.15, -0.1) is 11.3 Å². The van der Waals surface area contributed by atoms with Crippen molar-refractivity contribution in [2.24, 2.45) is 0 Å². The highest BCUT2D eigenvalue weighted by Gasteiger charge is 2.33. The Bertz CT molecular complexity index is 523. The number of hydrogen-bond donors (Lipinski definition) is 0. The number of likely N-dealkylation sites (N-methyl/N-ethyl adjacent to an activating group) is 1. The molecule has 0 saturated carbocycles. The van der Waals surface area contributed by atoms with Crippen LogP contribution in [-0.2, 0) is 4.79 Å². The smallest absolute Gasteiger partial charge is 0.239 e. The highest BCUT2D eigenvalue weighted by Crippen LogP contribution is 2.32. The lowest BCUT2D eigenvalue weighted by Crippen LogP contribution is -2.51. The fraction of sp³-hybridized carbons (Fsp3) is 0.765. The van der Waals surface area contributed by atoms with Gasteiger partial charge in [0.15, 0.2) is 0 Å². The third-order valence-electron chi connectivity index (χ3n) is 5.18. The molecule has 122 valence electrons. The molecule has 0 aliphatic carbocycles. The van der Waals surface area contributed by atoms with E-state index in [-0.39, 0.29) is 6.04 Å². The van der Waals surface area contributed by atoms with E-state index in [1.165, 1.54) is 22.7 Å². The number of hydrogen-bond acceptors (Lipinski definition) is 4. The molecule has 0 radical (unpaired) electrons. The Hall–Kier alpha value is -0.940. The minimum atomic E-state index is 0.104. The minimum absolute atomic E-state index is 0.104. The van der Waals surface area contributed by atoms with Crippen molar-refractivity contribution in [2.75, 3.05) is 26.7 Å².